The second-order valence-corrected chi connectivity index (χ2v) is 8.06. The Morgan fingerprint density at radius 3 is 2.59 bits per heavy atom. The minimum atomic E-state index is -0.225. The summed E-state index contributed by atoms with van der Waals surface area (Å²) < 4.78 is 14.1. The third-order valence-corrected chi connectivity index (χ3v) is 6.30. The van der Waals surface area contributed by atoms with Gasteiger partial charge in [0.1, 0.15) is 11.5 Å². The van der Waals surface area contributed by atoms with Gasteiger partial charge in [0.15, 0.2) is 0 Å². The van der Waals surface area contributed by atoms with Crippen LogP contribution in [0.5, 0.6) is 0 Å². The number of nitrogens with one attached hydrogen (secondary N) is 1. The topological polar surface area (TPSA) is 45.2 Å². The van der Waals surface area contributed by atoms with Gasteiger partial charge >= 0.3 is 0 Å². The first kappa shape index (κ1) is 19.8. The number of amides is 1. The highest BCUT2D eigenvalue weighted by molar-refractivity contribution is 5.93. The molecule has 1 amide bonds. The Labute approximate surface area is 171 Å². The Morgan fingerprint density at radius 1 is 1.17 bits per heavy atom. The van der Waals surface area contributed by atoms with Gasteiger partial charge in [-0.15, -0.1) is 0 Å². The van der Waals surface area contributed by atoms with E-state index in [1.165, 1.54) is 5.56 Å². The monoisotopic (exact) mass is 393 g/mol. The number of aromatic nitrogens is 1. The van der Waals surface area contributed by atoms with Crippen molar-refractivity contribution in [2.45, 2.75) is 33.1 Å². The number of halogens is 1. The smallest absolute Gasteiger partial charge is 0.272 e. The van der Waals surface area contributed by atoms with Crippen molar-refractivity contribution < 1.29 is 9.18 Å². The number of fused-ring (bicyclic) bond motifs is 1. The standard InChI is InChI=1S/C24H28FN3O/c1-3-28(4-2)23(29)22-8-6-18(16-27-22)21-15-24(9-11-26-12-10-24)14-17-5-7-19(25)13-20(17)21/h5-8,13,15-16,26H,3-4,9-12,14H2,1-2H3. The highest BCUT2D eigenvalue weighted by Gasteiger charge is 2.35. The van der Waals surface area contributed by atoms with Gasteiger partial charge in [-0.1, -0.05) is 18.2 Å². The SMILES string of the molecule is CCN(CC)C(=O)c1ccc(C2=CC3(CCNCC3)Cc3ccc(F)cc32)cn1. The summed E-state index contributed by atoms with van der Waals surface area (Å²) in [4.78, 5) is 18.8. The molecule has 1 aliphatic heterocycles. The molecule has 0 radical (unpaired) electrons. The zero-order valence-electron chi connectivity index (χ0n) is 17.2. The van der Waals surface area contributed by atoms with E-state index >= 15 is 0 Å². The quantitative estimate of drug-likeness (QED) is 0.852. The first-order valence-electron chi connectivity index (χ1n) is 10.5. The maximum absolute atomic E-state index is 14.1. The van der Waals surface area contributed by atoms with Crippen LogP contribution in [0.25, 0.3) is 5.57 Å². The van der Waals surface area contributed by atoms with Crippen LogP contribution in [-0.4, -0.2) is 42.0 Å². The summed E-state index contributed by atoms with van der Waals surface area (Å²) in [5.74, 6) is -0.280. The lowest BCUT2D eigenvalue weighted by molar-refractivity contribution is 0.0767. The summed E-state index contributed by atoms with van der Waals surface area (Å²) in [7, 11) is 0. The van der Waals surface area contributed by atoms with Crippen LogP contribution in [0, 0.1) is 11.2 Å². The summed E-state index contributed by atoms with van der Waals surface area (Å²) in [6.45, 7) is 7.24. The van der Waals surface area contributed by atoms with Gasteiger partial charge in [0.2, 0.25) is 0 Å². The molecule has 0 bridgehead atoms. The largest absolute Gasteiger partial charge is 0.338 e. The summed E-state index contributed by atoms with van der Waals surface area (Å²) in [6.07, 6.45) is 7.17. The summed E-state index contributed by atoms with van der Waals surface area (Å²) in [5.41, 5.74) is 4.64. The lowest BCUT2D eigenvalue weighted by Crippen LogP contribution is -2.38. The van der Waals surface area contributed by atoms with E-state index in [9.17, 15) is 9.18 Å². The molecule has 2 heterocycles. The third kappa shape index (κ3) is 3.84. The summed E-state index contributed by atoms with van der Waals surface area (Å²) >= 11 is 0. The molecule has 1 aliphatic carbocycles. The number of allylic oxidation sites excluding steroid dienone is 1. The predicted molar refractivity (Wildman–Crippen MR) is 113 cm³/mol. The van der Waals surface area contributed by atoms with Gasteiger partial charge < -0.3 is 10.2 Å². The van der Waals surface area contributed by atoms with E-state index < -0.39 is 0 Å². The van der Waals surface area contributed by atoms with E-state index in [4.69, 9.17) is 0 Å². The van der Waals surface area contributed by atoms with Crippen LogP contribution in [0.2, 0.25) is 0 Å². The van der Waals surface area contributed by atoms with Crippen molar-refractivity contribution in [3.8, 4) is 0 Å². The Kier molecular flexibility index (Phi) is 5.50. The summed E-state index contributed by atoms with van der Waals surface area (Å²) in [5, 5.41) is 3.44. The Morgan fingerprint density at radius 2 is 1.93 bits per heavy atom. The third-order valence-electron chi connectivity index (χ3n) is 6.30. The van der Waals surface area contributed by atoms with E-state index in [-0.39, 0.29) is 17.1 Å². The van der Waals surface area contributed by atoms with Gasteiger partial charge in [0.05, 0.1) is 0 Å². The van der Waals surface area contributed by atoms with Crippen molar-refractivity contribution in [1.82, 2.24) is 15.2 Å². The van der Waals surface area contributed by atoms with Crippen LogP contribution >= 0.6 is 0 Å². The zero-order valence-corrected chi connectivity index (χ0v) is 17.2. The molecule has 0 atom stereocenters. The number of hydrogen-bond acceptors (Lipinski definition) is 3. The molecule has 1 spiro atoms. The van der Waals surface area contributed by atoms with Crippen molar-refractivity contribution in [3.63, 3.8) is 0 Å². The number of benzene rings is 1. The van der Waals surface area contributed by atoms with Crippen molar-refractivity contribution in [1.29, 1.82) is 0 Å². The van der Waals surface area contributed by atoms with Crippen molar-refractivity contribution in [2.24, 2.45) is 5.41 Å². The lowest BCUT2D eigenvalue weighted by Gasteiger charge is -2.39. The molecule has 1 N–H and O–H groups in total. The van der Waals surface area contributed by atoms with Crippen LogP contribution < -0.4 is 5.32 Å². The molecule has 0 unspecified atom stereocenters. The molecule has 0 saturated carbocycles. The van der Waals surface area contributed by atoms with Gasteiger partial charge in [0.25, 0.3) is 5.91 Å². The average molecular weight is 394 g/mol. The Hall–Kier alpha value is -2.53. The molecule has 1 aromatic heterocycles. The van der Waals surface area contributed by atoms with Crippen LogP contribution in [0.4, 0.5) is 4.39 Å². The van der Waals surface area contributed by atoms with E-state index in [0.717, 1.165) is 49.1 Å². The number of piperidine rings is 1. The highest BCUT2D eigenvalue weighted by atomic mass is 19.1. The van der Waals surface area contributed by atoms with E-state index in [1.54, 1.807) is 29.3 Å². The molecule has 4 nitrogen and oxygen atoms in total. The van der Waals surface area contributed by atoms with Crippen LogP contribution in [-0.2, 0) is 6.42 Å². The molecule has 29 heavy (non-hydrogen) atoms. The molecule has 1 fully saturated rings. The second-order valence-electron chi connectivity index (χ2n) is 8.06. The van der Waals surface area contributed by atoms with Crippen LogP contribution in [0.1, 0.15) is 53.9 Å². The fourth-order valence-electron chi connectivity index (χ4n) is 4.60. The molecular formula is C24H28FN3O. The van der Waals surface area contributed by atoms with E-state index in [0.29, 0.717) is 18.8 Å². The maximum Gasteiger partial charge on any atom is 0.272 e. The Bertz CT molecular complexity index is 926. The minimum Gasteiger partial charge on any atom is -0.338 e. The number of carbonyl (C=O) groups is 1. The van der Waals surface area contributed by atoms with Gasteiger partial charge in [-0.3, -0.25) is 9.78 Å². The van der Waals surface area contributed by atoms with E-state index in [2.05, 4.69) is 16.4 Å². The molecular weight excluding hydrogens is 365 g/mol. The number of carbonyl (C=O) groups excluding carboxylic acids is 1. The summed E-state index contributed by atoms with van der Waals surface area (Å²) in [6, 6.07) is 8.85. The van der Waals surface area contributed by atoms with Crippen LogP contribution in [0.15, 0.2) is 42.6 Å². The van der Waals surface area contributed by atoms with Crippen molar-refractivity contribution >= 4 is 11.5 Å². The second kappa shape index (κ2) is 8.07. The predicted octanol–water partition coefficient (Wildman–Crippen LogP) is 4.06. The minimum absolute atomic E-state index is 0.0551. The Balaban J connectivity index is 1.73. The fraction of sp³-hybridized carbons (Fsp3) is 0.417. The maximum atomic E-state index is 14.1. The molecule has 1 saturated heterocycles. The first-order valence-corrected chi connectivity index (χ1v) is 10.5. The van der Waals surface area contributed by atoms with Gasteiger partial charge in [-0.2, -0.15) is 0 Å². The number of rotatable bonds is 4. The molecule has 2 aromatic rings. The zero-order chi connectivity index (χ0) is 20.4. The number of nitrogens with zero attached hydrogens (tertiary/aromatic N) is 2. The molecule has 1 aromatic carbocycles. The van der Waals surface area contributed by atoms with Crippen molar-refractivity contribution in [3.05, 3.63) is 70.8 Å². The van der Waals surface area contributed by atoms with Gasteiger partial charge in [-0.05, 0) is 86.5 Å². The van der Waals surface area contributed by atoms with Gasteiger partial charge in [-0.25, -0.2) is 4.39 Å². The molecule has 152 valence electrons. The molecule has 4 rings (SSSR count). The van der Waals surface area contributed by atoms with Crippen LogP contribution in [0.3, 0.4) is 0 Å². The number of hydrogen-bond donors (Lipinski definition) is 1. The lowest BCUT2D eigenvalue weighted by atomic mass is 9.67. The van der Waals surface area contributed by atoms with Gasteiger partial charge in [0, 0.05) is 24.8 Å². The number of pyridine rings is 1. The molecule has 2 aliphatic rings. The highest BCUT2D eigenvalue weighted by Crippen LogP contribution is 2.44. The van der Waals surface area contributed by atoms with Crippen molar-refractivity contribution in [2.75, 3.05) is 26.2 Å². The normalized spacial score (nSPS) is 17.6. The fourth-order valence-corrected chi connectivity index (χ4v) is 4.60. The van der Waals surface area contributed by atoms with E-state index in [1.807, 2.05) is 26.0 Å². The average Bonchev–Trinajstić information content (AvgIpc) is 2.75. The molecule has 5 heteroatoms. The first-order chi connectivity index (χ1) is 14.0.